The molecule has 0 fully saturated rings. The molecule has 0 radical (unpaired) electrons. The zero-order valence-electron chi connectivity index (χ0n) is 8.13. The third-order valence-electron chi connectivity index (χ3n) is 1.39. The Hall–Kier alpha value is -0.630. The smallest absolute Gasteiger partial charge is 0.0397 e. The van der Waals surface area contributed by atoms with Gasteiger partial charge in [-0.1, -0.05) is 36.8 Å². The molecule has 0 aliphatic heterocycles. The van der Waals surface area contributed by atoms with Crippen molar-refractivity contribution in [2.75, 3.05) is 12.8 Å². The van der Waals surface area contributed by atoms with Crippen molar-refractivity contribution >= 4 is 11.9 Å². The van der Waals surface area contributed by atoms with E-state index in [1.54, 1.807) is 11.9 Å². The molecule has 0 aromatic heterocycles. The molecule has 0 N–H and O–H groups in total. The maximum Gasteiger partial charge on any atom is 0.0397 e. The maximum atomic E-state index is 3.95. The molecule has 0 spiro atoms. The van der Waals surface area contributed by atoms with E-state index < -0.39 is 0 Å². The zero-order chi connectivity index (χ0) is 9.56. The van der Waals surface area contributed by atoms with E-state index in [2.05, 4.69) is 24.4 Å². The van der Waals surface area contributed by atoms with Crippen LogP contribution in [0.15, 0.2) is 36.6 Å². The molecule has 0 unspecified atom stereocenters. The summed E-state index contributed by atoms with van der Waals surface area (Å²) >= 11 is 1.68. The van der Waals surface area contributed by atoms with Gasteiger partial charge in [0.05, 0.1) is 0 Å². The summed E-state index contributed by atoms with van der Waals surface area (Å²) in [5, 5.41) is 0. The highest BCUT2D eigenvalue weighted by molar-refractivity contribution is 7.96. The van der Waals surface area contributed by atoms with Crippen LogP contribution in [0.25, 0.3) is 0 Å². The lowest BCUT2D eigenvalue weighted by molar-refractivity contribution is 0.629. The highest BCUT2D eigenvalue weighted by atomic mass is 32.2. The van der Waals surface area contributed by atoms with Crippen LogP contribution in [0.5, 0.6) is 0 Å². The van der Waals surface area contributed by atoms with Crippen molar-refractivity contribution in [3.63, 3.8) is 0 Å². The van der Waals surface area contributed by atoms with E-state index in [9.17, 15) is 0 Å². The number of nitrogens with zero attached hydrogens (tertiary/aromatic N) is 1. The number of hydrogen-bond acceptors (Lipinski definition) is 2. The molecule has 68 valence electrons. The maximum absolute atomic E-state index is 3.95. The molecule has 0 amide bonds. The van der Waals surface area contributed by atoms with Gasteiger partial charge in [0.25, 0.3) is 0 Å². The minimum atomic E-state index is 0.973. The van der Waals surface area contributed by atoms with Crippen LogP contribution in [0.3, 0.4) is 0 Å². The Bertz CT molecular complexity index is 190. The number of rotatable bonds is 5. The first-order valence-electron chi connectivity index (χ1n) is 3.96. The zero-order valence-corrected chi connectivity index (χ0v) is 8.95. The number of likely N-dealkylation sites (N-methyl/N-ethyl adjacent to an activating group) is 1. The minimum absolute atomic E-state index is 0.973. The van der Waals surface area contributed by atoms with Gasteiger partial charge in [-0.05, 0) is 19.9 Å². The largest absolute Gasteiger partial charge is 0.317 e. The highest BCUT2D eigenvalue weighted by Crippen LogP contribution is 2.13. The van der Waals surface area contributed by atoms with Crippen LogP contribution in [0, 0.1) is 0 Å². The summed E-state index contributed by atoms with van der Waals surface area (Å²) in [5.74, 6) is 0. The number of allylic oxidation sites excluding steroid dienone is 3. The summed E-state index contributed by atoms with van der Waals surface area (Å²) < 4.78 is 2.12. The quantitative estimate of drug-likeness (QED) is 0.475. The second-order valence-electron chi connectivity index (χ2n) is 2.55. The molecule has 2 heteroatoms. The molecular formula is C10H17NS. The van der Waals surface area contributed by atoms with Crippen LogP contribution >= 0.6 is 11.9 Å². The fraction of sp³-hybridized carbons (Fsp3) is 0.400. The Balaban J connectivity index is 4.10. The minimum Gasteiger partial charge on any atom is -0.317 e. The molecule has 12 heavy (non-hydrogen) atoms. The summed E-state index contributed by atoms with van der Waals surface area (Å²) in [4.78, 5) is 0. The van der Waals surface area contributed by atoms with E-state index in [4.69, 9.17) is 0 Å². The van der Waals surface area contributed by atoms with Crippen LogP contribution < -0.4 is 0 Å². The predicted octanol–water partition coefficient (Wildman–Crippen LogP) is 3.23. The molecular weight excluding hydrogens is 166 g/mol. The summed E-state index contributed by atoms with van der Waals surface area (Å²) in [6.45, 7) is 12.8. The molecule has 0 aliphatic rings. The predicted molar refractivity (Wildman–Crippen MR) is 59.0 cm³/mol. The van der Waals surface area contributed by atoms with Crippen molar-refractivity contribution in [1.29, 1.82) is 0 Å². The van der Waals surface area contributed by atoms with Crippen LogP contribution in [-0.4, -0.2) is 17.1 Å². The van der Waals surface area contributed by atoms with Gasteiger partial charge in [0.15, 0.2) is 0 Å². The lowest BCUT2D eigenvalue weighted by atomic mass is 10.3. The normalized spacial score (nSPS) is 10.2. The van der Waals surface area contributed by atoms with Gasteiger partial charge < -0.3 is 4.31 Å². The first-order chi connectivity index (χ1) is 5.61. The average Bonchev–Trinajstić information content (AvgIpc) is 2.03. The van der Waals surface area contributed by atoms with Crippen molar-refractivity contribution in [1.82, 2.24) is 4.31 Å². The molecule has 0 saturated heterocycles. The third-order valence-corrected chi connectivity index (χ3v) is 2.32. The van der Waals surface area contributed by atoms with Gasteiger partial charge in [0.2, 0.25) is 0 Å². The van der Waals surface area contributed by atoms with Gasteiger partial charge in [0.1, 0.15) is 0 Å². The van der Waals surface area contributed by atoms with E-state index in [1.165, 1.54) is 0 Å². The average molecular weight is 183 g/mol. The van der Waals surface area contributed by atoms with E-state index in [-0.39, 0.29) is 0 Å². The molecule has 0 saturated carbocycles. The van der Waals surface area contributed by atoms with E-state index in [0.717, 1.165) is 17.8 Å². The van der Waals surface area contributed by atoms with Gasteiger partial charge >= 0.3 is 0 Å². The number of hydrogen-bond donors (Lipinski definition) is 0. The molecule has 0 aliphatic carbocycles. The molecule has 0 aromatic rings. The first kappa shape index (κ1) is 11.4. The standard InChI is InChI=1S/C10H17NS/c1-6-11(12-5)10(4)8-7-9(2)3/h7-8H,2,4,6H2,1,3,5H3/b8-7-. The van der Waals surface area contributed by atoms with Crippen molar-refractivity contribution in [2.24, 2.45) is 0 Å². The summed E-state index contributed by atoms with van der Waals surface area (Å²) in [7, 11) is 0. The Morgan fingerprint density at radius 2 is 2.00 bits per heavy atom. The van der Waals surface area contributed by atoms with Gasteiger partial charge in [0, 0.05) is 18.5 Å². The van der Waals surface area contributed by atoms with Crippen molar-refractivity contribution in [3.8, 4) is 0 Å². The third kappa shape index (κ3) is 4.29. The summed E-state index contributed by atoms with van der Waals surface area (Å²) in [5.41, 5.74) is 2.07. The van der Waals surface area contributed by atoms with Crippen molar-refractivity contribution < 1.29 is 0 Å². The van der Waals surface area contributed by atoms with Gasteiger partial charge in [-0.3, -0.25) is 0 Å². The Labute approximate surface area is 80.0 Å². The summed E-state index contributed by atoms with van der Waals surface area (Å²) in [6, 6.07) is 0. The fourth-order valence-electron chi connectivity index (χ4n) is 0.771. The first-order valence-corrected chi connectivity index (χ1v) is 5.14. The van der Waals surface area contributed by atoms with Gasteiger partial charge in [-0.2, -0.15) is 0 Å². The van der Waals surface area contributed by atoms with E-state index >= 15 is 0 Å². The van der Waals surface area contributed by atoms with Crippen molar-refractivity contribution in [2.45, 2.75) is 13.8 Å². The highest BCUT2D eigenvalue weighted by Gasteiger charge is 1.98. The fourth-order valence-corrected chi connectivity index (χ4v) is 1.32. The van der Waals surface area contributed by atoms with Crippen LogP contribution in [0.1, 0.15) is 13.8 Å². The van der Waals surface area contributed by atoms with E-state index in [0.29, 0.717) is 0 Å². The van der Waals surface area contributed by atoms with Gasteiger partial charge in [-0.25, -0.2) is 0 Å². The lowest BCUT2D eigenvalue weighted by Gasteiger charge is -2.18. The molecule has 0 bridgehead atoms. The lowest BCUT2D eigenvalue weighted by Crippen LogP contribution is -2.11. The second kappa shape index (κ2) is 5.95. The monoisotopic (exact) mass is 183 g/mol. The molecule has 0 atom stereocenters. The summed E-state index contributed by atoms with van der Waals surface area (Å²) in [6.07, 6.45) is 6.01. The van der Waals surface area contributed by atoms with Crippen molar-refractivity contribution in [3.05, 3.63) is 36.6 Å². The molecule has 0 aromatic carbocycles. The topological polar surface area (TPSA) is 3.24 Å². The van der Waals surface area contributed by atoms with Crippen LogP contribution in [0.4, 0.5) is 0 Å². The molecule has 0 heterocycles. The Morgan fingerprint density at radius 3 is 2.33 bits per heavy atom. The van der Waals surface area contributed by atoms with Crippen LogP contribution in [0.2, 0.25) is 0 Å². The van der Waals surface area contributed by atoms with E-state index in [1.807, 2.05) is 25.3 Å². The Kier molecular flexibility index (Phi) is 5.64. The Morgan fingerprint density at radius 1 is 1.42 bits per heavy atom. The molecule has 1 nitrogen and oxygen atoms in total. The van der Waals surface area contributed by atoms with Crippen LogP contribution in [-0.2, 0) is 0 Å². The molecule has 0 rings (SSSR count). The SMILES string of the molecule is C=C(C)/C=C\C(=C)N(CC)SC. The van der Waals surface area contributed by atoms with Gasteiger partial charge in [-0.15, -0.1) is 0 Å². The second-order valence-corrected chi connectivity index (χ2v) is 3.35.